The van der Waals surface area contributed by atoms with Gasteiger partial charge in [-0.2, -0.15) is 0 Å². The third-order valence-electron chi connectivity index (χ3n) is 3.90. The minimum absolute atomic E-state index is 0.176. The summed E-state index contributed by atoms with van der Waals surface area (Å²) in [5.74, 6) is -0.176. The molecule has 0 aliphatic carbocycles. The van der Waals surface area contributed by atoms with E-state index < -0.39 is 0 Å². The first-order valence-electron chi connectivity index (χ1n) is 7.31. The van der Waals surface area contributed by atoms with E-state index in [1.807, 2.05) is 43.4 Å². The maximum atomic E-state index is 14.4. The Kier molecular flexibility index (Phi) is 5.03. The number of halogens is 2. The fourth-order valence-electron chi connectivity index (χ4n) is 2.58. The molecule has 0 radical (unpaired) electrons. The Balaban J connectivity index is 1.73. The van der Waals surface area contributed by atoms with Crippen LogP contribution in [0.4, 0.5) is 4.39 Å². The Morgan fingerprint density at radius 1 is 1.18 bits per heavy atom. The predicted molar refractivity (Wildman–Crippen MR) is 91.7 cm³/mol. The molecule has 0 bridgehead atoms. The van der Waals surface area contributed by atoms with Crippen LogP contribution in [0.25, 0.3) is 11.1 Å². The van der Waals surface area contributed by atoms with Crippen molar-refractivity contribution in [2.45, 2.75) is 17.4 Å². The molecular formula is C17H18ClFN2S. The predicted octanol–water partition coefficient (Wildman–Crippen LogP) is 4.45. The van der Waals surface area contributed by atoms with Crippen molar-refractivity contribution in [3.05, 3.63) is 53.3 Å². The highest BCUT2D eigenvalue weighted by atomic mass is 35.5. The summed E-state index contributed by atoms with van der Waals surface area (Å²) in [5.41, 5.74) is 1.84. The third-order valence-corrected chi connectivity index (χ3v) is 5.27. The van der Waals surface area contributed by atoms with Crippen LogP contribution in [0.15, 0.2) is 47.4 Å². The lowest BCUT2D eigenvalue weighted by Crippen LogP contribution is -2.27. The fourth-order valence-corrected chi connectivity index (χ4v) is 3.71. The zero-order valence-electron chi connectivity index (χ0n) is 12.4. The number of benzene rings is 2. The highest BCUT2D eigenvalue weighted by Gasteiger charge is 2.22. The van der Waals surface area contributed by atoms with E-state index in [2.05, 4.69) is 9.62 Å². The van der Waals surface area contributed by atoms with Crippen LogP contribution in [0, 0.1) is 5.82 Å². The van der Waals surface area contributed by atoms with Gasteiger partial charge in [-0.1, -0.05) is 29.8 Å². The van der Waals surface area contributed by atoms with Gasteiger partial charge in [0.1, 0.15) is 5.82 Å². The zero-order valence-corrected chi connectivity index (χ0v) is 13.9. The van der Waals surface area contributed by atoms with Gasteiger partial charge in [0.15, 0.2) is 0 Å². The Bertz CT molecular complexity index is 648. The number of hydrogen-bond donors (Lipinski definition) is 1. The Labute approximate surface area is 139 Å². The van der Waals surface area contributed by atoms with Crippen LogP contribution < -0.4 is 5.32 Å². The van der Waals surface area contributed by atoms with Crippen LogP contribution in [-0.2, 0) is 0 Å². The maximum Gasteiger partial charge on any atom is 0.138 e. The molecular weight excluding hydrogens is 319 g/mol. The van der Waals surface area contributed by atoms with Crippen LogP contribution in [0.3, 0.4) is 0 Å². The van der Waals surface area contributed by atoms with Gasteiger partial charge in [0.05, 0.1) is 4.90 Å². The Morgan fingerprint density at radius 2 is 1.91 bits per heavy atom. The van der Waals surface area contributed by atoms with Gasteiger partial charge in [0.25, 0.3) is 0 Å². The first-order chi connectivity index (χ1) is 10.7. The molecule has 1 aliphatic heterocycles. The minimum Gasteiger partial charge on any atom is -0.316 e. The lowest BCUT2D eigenvalue weighted by molar-refractivity contribution is 0.537. The van der Waals surface area contributed by atoms with E-state index in [1.54, 1.807) is 6.07 Å². The third kappa shape index (κ3) is 3.63. The lowest BCUT2D eigenvalue weighted by atomic mass is 10.1. The van der Waals surface area contributed by atoms with Crippen LogP contribution in [0.2, 0.25) is 5.02 Å². The van der Waals surface area contributed by atoms with Gasteiger partial charge >= 0.3 is 0 Å². The van der Waals surface area contributed by atoms with Gasteiger partial charge in [-0.05, 0) is 60.8 Å². The quantitative estimate of drug-likeness (QED) is 0.830. The molecule has 2 aromatic carbocycles. The molecule has 1 atom stereocenters. The van der Waals surface area contributed by atoms with E-state index in [1.165, 1.54) is 11.9 Å². The molecule has 1 saturated heterocycles. The summed E-state index contributed by atoms with van der Waals surface area (Å²) < 4.78 is 16.6. The molecule has 0 aromatic heterocycles. The first kappa shape index (κ1) is 15.8. The van der Waals surface area contributed by atoms with Gasteiger partial charge in [-0.3, -0.25) is 0 Å². The molecule has 5 heteroatoms. The van der Waals surface area contributed by atoms with Crippen LogP contribution in [-0.4, -0.2) is 30.5 Å². The molecule has 1 unspecified atom stereocenters. The van der Waals surface area contributed by atoms with E-state index in [4.69, 9.17) is 11.6 Å². The normalized spacial score (nSPS) is 18.8. The highest BCUT2D eigenvalue weighted by Crippen LogP contribution is 2.31. The van der Waals surface area contributed by atoms with E-state index in [-0.39, 0.29) is 5.82 Å². The molecule has 1 fully saturated rings. The molecule has 1 aliphatic rings. The van der Waals surface area contributed by atoms with E-state index in [0.29, 0.717) is 16.0 Å². The molecule has 1 heterocycles. The summed E-state index contributed by atoms with van der Waals surface area (Å²) in [7, 11) is 1.97. The SMILES string of the molecule is CNC1CCN(Sc2ccc(-c3ccc(Cl)cc3)cc2F)C1. The summed E-state index contributed by atoms with van der Waals surface area (Å²) in [6.45, 7) is 1.92. The van der Waals surface area contributed by atoms with Gasteiger partial charge in [-0.25, -0.2) is 8.70 Å². The lowest BCUT2D eigenvalue weighted by Gasteiger charge is -2.15. The number of nitrogens with one attached hydrogen (secondary N) is 1. The Morgan fingerprint density at radius 3 is 2.55 bits per heavy atom. The molecule has 2 aromatic rings. The molecule has 1 N–H and O–H groups in total. The smallest absolute Gasteiger partial charge is 0.138 e. The summed E-state index contributed by atoms with van der Waals surface area (Å²) in [5, 5.41) is 3.95. The maximum absolute atomic E-state index is 14.4. The van der Waals surface area contributed by atoms with Gasteiger partial charge in [0.2, 0.25) is 0 Å². The van der Waals surface area contributed by atoms with Crippen molar-refractivity contribution >= 4 is 23.5 Å². The molecule has 3 rings (SSSR count). The summed E-state index contributed by atoms with van der Waals surface area (Å²) in [4.78, 5) is 0.675. The van der Waals surface area contributed by atoms with Gasteiger partial charge in [-0.15, -0.1) is 0 Å². The fraction of sp³-hybridized carbons (Fsp3) is 0.294. The monoisotopic (exact) mass is 336 g/mol. The van der Waals surface area contributed by atoms with Crippen molar-refractivity contribution in [2.24, 2.45) is 0 Å². The highest BCUT2D eigenvalue weighted by molar-refractivity contribution is 7.97. The number of likely N-dealkylation sites (N-methyl/N-ethyl adjacent to an activating group) is 1. The number of nitrogens with zero attached hydrogens (tertiary/aromatic N) is 1. The number of hydrogen-bond acceptors (Lipinski definition) is 3. The minimum atomic E-state index is -0.176. The summed E-state index contributed by atoms with van der Waals surface area (Å²) in [6, 6.07) is 13.4. The molecule has 2 nitrogen and oxygen atoms in total. The van der Waals surface area contributed by atoms with Crippen molar-refractivity contribution in [1.29, 1.82) is 0 Å². The van der Waals surface area contributed by atoms with Crippen molar-refractivity contribution in [3.63, 3.8) is 0 Å². The van der Waals surface area contributed by atoms with Gasteiger partial charge < -0.3 is 5.32 Å². The Hall–Kier alpha value is -1.07. The second kappa shape index (κ2) is 7.01. The van der Waals surface area contributed by atoms with E-state index in [9.17, 15) is 4.39 Å². The van der Waals surface area contributed by atoms with Crippen molar-refractivity contribution in [3.8, 4) is 11.1 Å². The van der Waals surface area contributed by atoms with Crippen LogP contribution in [0.5, 0.6) is 0 Å². The summed E-state index contributed by atoms with van der Waals surface area (Å²) >= 11 is 7.39. The molecule has 116 valence electrons. The van der Waals surface area contributed by atoms with Crippen molar-refractivity contribution < 1.29 is 4.39 Å². The van der Waals surface area contributed by atoms with Crippen LogP contribution >= 0.6 is 23.5 Å². The molecule has 0 saturated carbocycles. The zero-order chi connectivity index (χ0) is 15.5. The average Bonchev–Trinajstić information content (AvgIpc) is 2.98. The van der Waals surface area contributed by atoms with Crippen LogP contribution in [0.1, 0.15) is 6.42 Å². The average molecular weight is 337 g/mol. The molecule has 0 spiro atoms. The van der Waals surface area contributed by atoms with Gasteiger partial charge in [0, 0.05) is 24.2 Å². The van der Waals surface area contributed by atoms with Crippen molar-refractivity contribution in [2.75, 3.05) is 20.1 Å². The van der Waals surface area contributed by atoms with E-state index >= 15 is 0 Å². The second-order valence-corrected chi connectivity index (χ2v) is 6.98. The van der Waals surface area contributed by atoms with Crippen molar-refractivity contribution in [1.82, 2.24) is 9.62 Å². The largest absolute Gasteiger partial charge is 0.316 e. The standard InChI is InChI=1S/C17H18ClFN2S/c1-20-15-8-9-21(11-15)22-17-7-4-13(10-16(17)19)12-2-5-14(18)6-3-12/h2-7,10,15,20H,8-9,11H2,1H3. The molecule has 22 heavy (non-hydrogen) atoms. The second-order valence-electron chi connectivity index (χ2n) is 5.41. The van der Waals surface area contributed by atoms with E-state index in [0.717, 1.165) is 30.6 Å². The summed E-state index contributed by atoms with van der Waals surface area (Å²) in [6.07, 6.45) is 1.11. The first-order valence-corrected chi connectivity index (χ1v) is 8.46. The molecule has 0 amide bonds. The topological polar surface area (TPSA) is 15.3 Å². The number of rotatable bonds is 4.